The third kappa shape index (κ3) is 2.90. The van der Waals surface area contributed by atoms with Crippen molar-refractivity contribution >= 4 is 11.6 Å². The van der Waals surface area contributed by atoms with E-state index in [-0.39, 0.29) is 6.42 Å². The predicted octanol–water partition coefficient (Wildman–Crippen LogP) is 2.22. The minimum atomic E-state index is -2.30. The molecule has 1 aromatic rings. The Morgan fingerprint density at radius 2 is 1.53 bits per heavy atom. The van der Waals surface area contributed by atoms with Gasteiger partial charge >= 0.3 is 0 Å². The van der Waals surface area contributed by atoms with Gasteiger partial charge in [-0.05, 0) is 6.42 Å². The van der Waals surface area contributed by atoms with Crippen LogP contribution < -0.4 is 11.1 Å². The van der Waals surface area contributed by atoms with Gasteiger partial charge < -0.3 is 11.1 Å². The summed E-state index contributed by atoms with van der Waals surface area (Å²) >= 11 is 0. The molecule has 0 aromatic heterocycles. The maximum atomic E-state index is 13.2. The van der Waals surface area contributed by atoms with E-state index < -0.39 is 46.7 Å². The number of benzene rings is 1. The van der Waals surface area contributed by atoms with Crippen LogP contribution >= 0.6 is 0 Å². The van der Waals surface area contributed by atoms with Crippen molar-refractivity contribution in [2.45, 2.75) is 12.5 Å². The average molecular weight is 280 g/mol. The molecule has 1 aromatic carbocycles. The third-order valence-electron chi connectivity index (χ3n) is 2.22. The lowest BCUT2D eigenvalue weighted by Gasteiger charge is -2.12. The summed E-state index contributed by atoms with van der Waals surface area (Å²) in [5.74, 6) is -11.9. The van der Waals surface area contributed by atoms with Crippen LogP contribution in [0.5, 0.6) is 0 Å². The Morgan fingerprint density at radius 3 is 1.95 bits per heavy atom. The monoisotopic (exact) mass is 280 g/mol. The van der Waals surface area contributed by atoms with Gasteiger partial charge in [0.1, 0.15) is 5.69 Å². The van der Waals surface area contributed by atoms with Crippen molar-refractivity contribution in [3.8, 4) is 0 Å². The summed E-state index contributed by atoms with van der Waals surface area (Å²) in [6.07, 6.45) is 1.24. The summed E-state index contributed by atoms with van der Waals surface area (Å²) in [6.45, 7) is 3.29. The van der Waals surface area contributed by atoms with Gasteiger partial charge in [-0.15, -0.1) is 6.58 Å². The van der Waals surface area contributed by atoms with Crippen LogP contribution in [0.3, 0.4) is 0 Å². The number of carbonyl (C=O) groups is 1. The maximum absolute atomic E-state index is 13.2. The van der Waals surface area contributed by atoms with E-state index in [1.807, 2.05) is 0 Å². The van der Waals surface area contributed by atoms with E-state index in [0.29, 0.717) is 0 Å². The van der Waals surface area contributed by atoms with Crippen LogP contribution in [-0.4, -0.2) is 11.9 Å². The molecule has 0 heterocycles. The molecule has 104 valence electrons. The molecule has 8 heteroatoms. The number of carbonyl (C=O) groups excluding carboxylic acids is 1. The molecule has 0 bridgehead atoms. The summed E-state index contributed by atoms with van der Waals surface area (Å²) in [5, 5.41) is 1.56. The molecule has 0 aliphatic carbocycles. The number of anilines is 1. The highest BCUT2D eigenvalue weighted by molar-refractivity contribution is 5.95. The zero-order valence-electron chi connectivity index (χ0n) is 9.44. The second-order valence-electron chi connectivity index (χ2n) is 3.57. The van der Waals surface area contributed by atoms with E-state index in [9.17, 15) is 26.7 Å². The van der Waals surface area contributed by atoms with Gasteiger partial charge in [0, 0.05) is 0 Å². The second-order valence-corrected chi connectivity index (χ2v) is 3.57. The number of amides is 1. The topological polar surface area (TPSA) is 55.1 Å². The first kappa shape index (κ1) is 15.1. The van der Waals surface area contributed by atoms with Crippen LogP contribution in [0.15, 0.2) is 12.7 Å². The molecule has 1 atom stereocenters. The van der Waals surface area contributed by atoms with E-state index in [1.54, 1.807) is 5.32 Å². The Bertz CT molecular complexity index is 503. The van der Waals surface area contributed by atoms with E-state index in [2.05, 4.69) is 6.58 Å². The molecule has 3 nitrogen and oxygen atoms in total. The lowest BCUT2D eigenvalue weighted by molar-refractivity contribution is -0.117. The van der Waals surface area contributed by atoms with Gasteiger partial charge in [-0.1, -0.05) is 6.08 Å². The van der Waals surface area contributed by atoms with Crippen LogP contribution in [0, 0.1) is 29.1 Å². The normalized spacial score (nSPS) is 12.1. The molecule has 19 heavy (non-hydrogen) atoms. The van der Waals surface area contributed by atoms with Crippen LogP contribution in [-0.2, 0) is 4.79 Å². The average Bonchev–Trinajstić information content (AvgIpc) is 2.39. The number of halogens is 5. The van der Waals surface area contributed by atoms with Crippen LogP contribution in [0.1, 0.15) is 6.42 Å². The summed E-state index contributed by atoms with van der Waals surface area (Å²) in [6, 6.07) is -1.22. The first-order valence-corrected chi connectivity index (χ1v) is 5.00. The molecule has 0 radical (unpaired) electrons. The number of hydrogen-bond donors (Lipinski definition) is 2. The van der Waals surface area contributed by atoms with Gasteiger partial charge in [0.15, 0.2) is 23.3 Å². The smallest absolute Gasteiger partial charge is 0.241 e. The highest BCUT2D eigenvalue weighted by Crippen LogP contribution is 2.27. The molecule has 0 aliphatic rings. The molecular formula is C11H9F5N2O. The molecule has 0 saturated carbocycles. The van der Waals surface area contributed by atoms with Gasteiger partial charge in [-0.25, -0.2) is 22.0 Å². The second kappa shape index (κ2) is 5.79. The summed E-state index contributed by atoms with van der Waals surface area (Å²) in [4.78, 5) is 11.4. The zero-order chi connectivity index (χ0) is 14.7. The number of nitrogens with one attached hydrogen (secondary N) is 1. The van der Waals surface area contributed by atoms with Gasteiger partial charge in [0.25, 0.3) is 0 Å². The molecule has 0 fully saturated rings. The van der Waals surface area contributed by atoms with Crippen molar-refractivity contribution in [2.75, 3.05) is 5.32 Å². The van der Waals surface area contributed by atoms with Gasteiger partial charge in [0.2, 0.25) is 11.7 Å². The number of rotatable bonds is 4. The minimum Gasteiger partial charge on any atom is -0.320 e. The molecule has 1 rings (SSSR count). The van der Waals surface area contributed by atoms with E-state index in [1.165, 1.54) is 6.08 Å². The first-order chi connectivity index (χ1) is 8.81. The lowest BCUT2D eigenvalue weighted by atomic mass is 10.2. The van der Waals surface area contributed by atoms with Gasteiger partial charge in [-0.2, -0.15) is 0 Å². The van der Waals surface area contributed by atoms with Gasteiger partial charge in [0.05, 0.1) is 6.04 Å². The third-order valence-corrected chi connectivity index (χ3v) is 2.22. The predicted molar refractivity (Wildman–Crippen MR) is 57.7 cm³/mol. The Hall–Kier alpha value is -1.96. The fraction of sp³-hybridized carbons (Fsp3) is 0.182. The van der Waals surface area contributed by atoms with E-state index >= 15 is 0 Å². The van der Waals surface area contributed by atoms with E-state index in [0.717, 1.165) is 0 Å². The fourth-order valence-corrected chi connectivity index (χ4v) is 1.22. The van der Waals surface area contributed by atoms with Crippen molar-refractivity contribution < 1.29 is 26.7 Å². The number of nitrogens with two attached hydrogens (primary N) is 1. The van der Waals surface area contributed by atoms with Crippen molar-refractivity contribution in [1.29, 1.82) is 0 Å². The van der Waals surface area contributed by atoms with Crippen molar-refractivity contribution in [3.63, 3.8) is 0 Å². The maximum Gasteiger partial charge on any atom is 0.241 e. The van der Waals surface area contributed by atoms with Crippen molar-refractivity contribution in [2.24, 2.45) is 5.73 Å². The molecule has 3 N–H and O–H groups in total. The van der Waals surface area contributed by atoms with E-state index in [4.69, 9.17) is 5.73 Å². The van der Waals surface area contributed by atoms with Crippen LogP contribution in [0.4, 0.5) is 27.6 Å². The standard InChI is InChI=1S/C11H9F5N2O/c1-2-3-4(17)11(19)18-10-8(15)6(13)5(12)7(14)9(10)16/h2,4H,1,3,17H2,(H,18,19). The molecule has 0 spiro atoms. The zero-order valence-corrected chi connectivity index (χ0v) is 9.44. The molecule has 0 saturated heterocycles. The fourth-order valence-electron chi connectivity index (χ4n) is 1.22. The van der Waals surface area contributed by atoms with Crippen molar-refractivity contribution in [3.05, 3.63) is 41.7 Å². The molecular weight excluding hydrogens is 271 g/mol. The molecule has 0 aliphatic heterocycles. The minimum absolute atomic E-state index is 0.0266. The SMILES string of the molecule is C=CCC(N)C(=O)Nc1c(F)c(F)c(F)c(F)c1F. The quantitative estimate of drug-likeness (QED) is 0.384. The first-order valence-electron chi connectivity index (χ1n) is 5.00. The Balaban J connectivity index is 3.15. The lowest BCUT2D eigenvalue weighted by Crippen LogP contribution is -2.35. The summed E-state index contributed by atoms with van der Waals surface area (Å²) < 4.78 is 64.9. The van der Waals surface area contributed by atoms with Crippen molar-refractivity contribution in [1.82, 2.24) is 0 Å². The molecule has 1 unspecified atom stereocenters. The summed E-state index contributed by atoms with van der Waals surface area (Å²) in [5.41, 5.74) is 3.86. The van der Waals surface area contributed by atoms with Crippen LogP contribution in [0.25, 0.3) is 0 Å². The Labute approximate surface area is 104 Å². The highest BCUT2D eigenvalue weighted by Gasteiger charge is 2.27. The number of hydrogen-bond acceptors (Lipinski definition) is 2. The molecule has 1 amide bonds. The Kier molecular flexibility index (Phi) is 4.60. The largest absolute Gasteiger partial charge is 0.320 e. The van der Waals surface area contributed by atoms with Crippen LogP contribution in [0.2, 0.25) is 0 Å². The highest BCUT2D eigenvalue weighted by atomic mass is 19.2. The summed E-state index contributed by atoms with van der Waals surface area (Å²) in [7, 11) is 0. The van der Waals surface area contributed by atoms with Gasteiger partial charge in [-0.3, -0.25) is 4.79 Å². The Morgan fingerprint density at radius 1 is 1.11 bits per heavy atom.